The van der Waals surface area contributed by atoms with Gasteiger partial charge >= 0.3 is 5.97 Å². The van der Waals surface area contributed by atoms with Gasteiger partial charge in [0.05, 0.1) is 31.8 Å². The topological polar surface area (TPSA) is 151 Å². The number of allylic oxidation sites excluding steroid dienone is 1. The first-order chi connectivity index (χ1) is 20.8. The number of nitrogens with two attached hydrogens (primary N) is 2. The molecule has 10 nitrogen and oxygen atoms in total. The number of nitrogens with zero attached hydrogens (tertiary/aromatic N) is 4. The van der Waals surface area contributed by atoms with Crippen molar-refractivity contribution in [3.63, 3.8) is 0 Å². The molecule has 1 aromatic rings. The van der Waals surface area contributed by atoms with Crippen molar-refractivity contribution in [2.75, 3.05) is 25.6 Å². The average Bonchev–Trinajstić information content (AvgIpc) is 3.37. The maximum atomic E-state index is 13.4. The van der Waals surface area contributed by atoms with Gasteiger partial charge in [-0.2, -0.15) is 4.80 Å². The zero-order chi connectivity index (χ0) is 33.0. The van der Waals surface area contributed by atoms with Crippen molar-refractivity contribution in [3.8, 4) is 0 Å². The summed E-state index contributed by atoms with van der Waals surface area (Å²) < 4.78 is 13.4. The Hall–Kier alpha value is -2.04. The molecule has 11 atom stereocenters. The molecule has 10 heteroatoms. The lowest BCUT2D eigenvalue weighted by molar-refractivity contribution is -0.253. The van der Waals surface area contributed by atoms with Gasteiger partial charge in [-0.15, -0.1) is 5.10 Å². The third kappa shape index (κ3) is 4.58. The molecule has 5 N–H and O–H groups in total. The lowest BCUT2D eigenvalue weighted by Crippen LogP contribution is -2.69. The number of anilines is 1. The van der Waals surface area contributed by atoms with Crippen molar-refractivity contribution < 1.29 is 19.4 Å². The van der Waals surface area contributed by atoms with Crippen LogP contribution in [0, 0.1) is 56.7 Å². The number of carboxylic acids is 1. The van der Waals surface area contributed by atoms with Crippen molar-refractivity contribution >= 4 is 11.9 Å². The Kier molecular flexibility index (Phi) is 7.66. The fraction of sp³-hybridized carbons (Fsp3) is 0.886. The molecule has 0 aromatic carbocycles. The van der Waals surface area contributed by atoms with E-state index in [1.807, 2.05) is 13.8 Å². The van der Waals surface area contributed by atoms with E-state index in [0.717, 1.165) is 38.5 Å². The quantitative estimate of drug-likeness (QED) is 0.333. The highest BCUT2D eigenvalue weighted by atomic mass is 16.5. The van der Waals surface area contributed by atoms with E-state index in [1.54, 1.807) is 4.80 Å². The molecule has 1 saturated heterocycles. The van der Waals surface area contributed by atoms with Crippen LogP contribution in [-0.4, -0.2) is 62.7 Å². The number of hydrogen-bond acceptors (Lipinski definition) is 8. The van der Waals surface area contributed by atoms with E-state index in [9.17, 15) is 9.90 Å². The molecule has 0 radical (unpaired) electrons. The molecule has 2 bridgehead atoms. The fourth-order valence-electron chi connectivity index (χ4n) is 11.8. The molecule has 5 aliphatic rings. The number of aliphatic carboxylic acids is 1. The molecule has 4 aliphatic carbocycles. The minimum absolute atomic E-state index is 0.147. The summed E-state index contributed by atoms with van der Waals surface area (Å²) in [7, 11) is 0. The van der Waals surface area contributed by atoms with E-state index >= 15 is 0 Å². The molecule has 4 fully saturated rings. The minimum Gasteiger partial charge on any atom is -0.481 e. The van der Waals surface area contributed by atoms with Gasteiger partial charge in [0.25, 0.3) is 5.95 Å². The van der Waals surface area contributed by atoms with Gasteiger partial charge in [0.15, 0.2) is 0 Å². The number of carbonyl (C=O) groups is 1. The molecule has 6 rings (SSSR count). The number of carboxylic acid groups (broad SMARTS) is 1. The number of ether oxygens (including phenoxy) is 2. The molecule has 0 spiro atoms. The first-order valence-electron chi connectivity index (χ1n) is 17.3. The van der Waals surface area contributed by atoms with Crippen LogP contribution in [0.4, 0.5) is 5.95 Å². The van der Waals surface area contributed by atoms with E-state index in [4.69, 9.17) is 20.9 Å². The van der Waals surface area contributed by atoms with E-state index in [2.05, 4.69) is 70.0 Å². The predicted molar refractivity (Wildman–Crippen MR) is 173 cm³/mol. The first-order valence-corrected chi connectivity index (χ1v) is 17.3. The molecule has 1 aliphatic heterocycles. The van der Waals surface area contributed by atoms with Crippen molar-refractivity contribution in [2.24, 2.45) is 62.4 Å². The largest absolute Gasteiger partial charge is 0.481 e. The summed E-state index contributed by atoms with van der Waals surface area (Å²) in [5.74, 6) is 0.471. The van der Waals surface area contributed by atoms with Crippen LogP contribution >= 0.6 is 0 Å². The third-order valence-electron chi connectivity index (χ3n) is 14.5. The van der Waals surface area contributed by atoms with Gasteiger partial charge in [0.2, 0.25) is 0 Å². The van der Waals surface area contributed by atoms with E-state index in [1.165, 1.54) is 5.57 Å². The van der Waals surface area contributed by atoms with E-state index in [-0.39, 0.29) is 51.1 Å². The highest BCUT2D eigenvalue weighted by molar-refractivity contribution is 5.73. The SMILES string of the molecule is CC(C)[C@@H](C)[C@@]1(C)CC[C@]2(C)[C@H]3CC[C@@H]4[C@@]5(COC[C@@]4(C)[C@@H](OCC(C)(C)N)[C@H](n4nnc(N)n4)C5)C3=CC[C@@]2(C)[C@@H]1C(=O)O. The normalized spacial score (nSPS) is 45.2. The van der Waals surface area contributed by atoms with Gasteiger partial charge in [-0.05, 0) is 97.5 Å². The van der Waals surface area contributed by atoms with Gasteiger partial charge in [-0.25, -0.2) is 0 Å². The van der Waals surface area contributed by atoms with Crippen LogP contribution in [0.3, 0.4) is 0 Å². The standard InChI is InChI=1S/C35H58N6O4/c1-20(2)21(3)31(6)14-15-33(8)22-10-11-25-32(7)18-44-19-35(25,23(22)12-13-34(33,9)26(31)28(42)43)16-24(41-39-29(36)38-40-41)27(32)45-17-30(4,5)37/h12,20-22,24-27H,10-11,13-19,37H2,1-9H3,(H2,36,39)(H,42,43)/t21-,22+,24-,25+,26-,27+,31-,32-,33-,34+,35+/m1/s1. The Labute approximate surface area is 269 Å². The van der Waals surface area contributed by atoms with Crippen molar-refractivity contribution in [2.45, 2.75) is 119 Å². The molecule has 0 unspecified atom stereocenters. The van der Waals surface area contributed by atoms with Crippen molar-refractivity contribution in [3.05, 3.63) is 11.6 Å². The Morgan fingerprint density at radius 1 is 1.16 bits per heavy atom. The Balaban J connectivity index is 1.46. The summed E-state index contributed by atoms with van der Waals surface area (Å²) in [4.78, 5) is 15.1. The fourth-order valence-corrected chi connectivity index (χ4v) is 11.8. The summed E-state index contributed by atoms with van der Waals surface area (Å²) in [5, 5.41) is 24.0. The van der Waals surface area contributed by atoms with Gasteiger partial charge in [0.1, 0.15) is 6.04 Å². The first kappa shape index (κ1) is 32.9. The van der Waals surface area contributed by atoms with Crippen LogP contribution in [0.15, 0.2) is 11.6 Å². The third-order valence-corrected chi connectivity index (χ3v) is 14.5. The molecule has 252 valence electrons. The maximum Gasteiger partial charge on any atom is 0.307 e. The molecule has 1 aromatic heterocycles. The van der Waals surface area contributed by atoms with Crippen LogP contribution in [0.5, 0.6) is 0 Å². The van der Waals surface area contributed by atoms with Gasteiger partial charge in [-0.1, -0.05) is 65.2 Å². The summed E-state index contributed by atoms with van der Waals surface area (Å²) >= 11 is 0. The van der Waals surface area contributed by atoms with Crippen molar-refractivity contribution in [1.82, 2.24) is 20.2 Å². The second-order valence-electron chi connectivity index (χ2n) is 17.8. The van der Waals surface area contributed by atoms with Crippen LogP contribution in [-0.2, 0) is 14.3 Å². The number of hydrogen-bond donors (Lipinski definition) is 3. The number of nitrogen functional groups attached to an aromatic ring is 1. The lowest BCUT2D eigenvalue weighted by atomic mass is 9.34. The van der Waals surface area contributed by atoms with Crippen LogP contribution in [0.1, 0.15) is 107 Å². The number of fused-ring (bicyclic) bond motifs is 3. The van der Waals surface area contributed by atoms with E-state index in [0.29, 0.717) is 37.6 Å². The van der Waals surface area contributed by atoms with Crippen LogP contribution in [0.2, 0.25) is 0 Å². The van der Waals surface area contributed by atoms with Gasteiger partial charge in [-0.3, -0.25) is 4.79 Å². The molecular weight excluding hydrogens is 568 g/mol. The Morgan fingerprint density at radius 2 is 1.87 bits per heavy atom. The number of aromatic nitrogens is 4. The van der Waals surface area contributed by atoms with Crippen LogP contribution in [0.25, 0.3) is 0 Å². The smallest absolute Gasteiger partial charge is 0.307 e. The highest BCUT2D eigenvalue weighted by Crippen LogP contribution is 2.75. The molecule has 45 heavy (non-hydrogen) atoms. The summed E-state index contributed by atoms with van der Waals surface area (Å²) in [6, 6.07) is -0.184. The Bertz CT molecular complexity index is 1360. The van der Waals surface area contributed by atoms with Gasteiger partial charge < -0.3 is 26.0 Å². The zero-order valence-electron chi connectivity index (χ0n) is 29.1. The summed E-state index contributed by atoms with van der Waals surface area (Å²) in [5.41, 5.74) is 12.1. The lowest BCUT2D eigenvalue weighted by Gasteiger charge is -2.71. The molecule has 3 saturated carbocycles. The molecular formula is C35H58N6O4. The Morgan fingerprint density at radius 3 is 2.47 bits per heavy atom. The molecule has 2 heterocycles. The predicted octanol–water partition coefficient (Wildman–Crippen LogP) is 5.51. The molecule has 0 amide bonds. The highest BCUT2D eigenvalue weighted by Gasteiger charge is 2.72. The summed E-state index contributed by atoms with van der Waals surface area (Å²) in [6.45, 7) is 21.7. The monoisotopic (exact) mass is 626 g/mol. The zero-order valence-corrected chi connectivity index (χ0v) is 29.1. The van der Waals surface area contributed by atoms with E-state index < -0.39 is 17.4 Å². The minimum atomic E-state index is -0.633. The average molecular weight is 627 g/mol. The second kappa shape index (κ2) is 10.5. The number of tetrazole rings is 1. The van der Waals surface area contributed by atoms with Crippen molar-refractivity contribution in [1.29, 1.82) is 0 Å². The summed E-state index contributed by atoms with van der Waals surface area (Å²) in [6.07, 6.45) is 7.84. The second-order valence-corrected chi connectivity index (χ2v) is 17.8. The maximum absolute atomic E-state index is 13.4. The number of rotatable bonds is 7. The van der Waals surface area contributed by atoms with Gasteiger partial charge in [0, 0.05) is 16.4 Å². The van der Waals surface area contributed by atoms with Crippen LogP contribution < -0.4 is 11.5 Å².